The molecule has 0 saturated heterocycles. The number of allylic oxidation sites excluding steroid dienone is 1. The highest BCUT2D eigenvalue weighted by atomic mass is 16.4. The summed E-state index contributed by atoms with van der Waals surface area (Å²) in [6.07, 6.45) is 3.49. The minimum absolute atomic E-state index is 0.240. The number of phenols is 1. The van der Waals surface area contributed by atoms with Gasteiger partial charge in [0.15, 0.2) is 0 Å². The van der Waals surface area contributed by atoms with Gasteiger partial charge in [-0.2, -0.15) is 0 Å². The van der Waals surface area contributed by atoms with Gasteiger partial charge in [-0.15, -0.1) is 0 Å². The Bertz CT molecular complexity index is 325. The van der Waals surface area contributed by atoms with Gasteiger partial charge in [-0.05, 0) is 30.7 Å². The summed E-state index contributed by atoms with van der Waals surface area (Å²) in [5.41, 5.74) is 1.48. The predicted octanol–water partition coefficient (Wildman–Crippen LogP) is 2.26. The van der Waals surface area contributed by atoms with E-state index in [-0.39, 0.29) is 5.75 Å². The van der Waals surface area contributed by atoms with Crippen molar-refractivity contribution < 1.29 is 10.3 Å². The van der Waals surface area contributed by atoms with Gasteiger partial charge in [-0.3, -0.25) is 0 Å². The highest BCUT2D eigenvalue weighted by molar-refractivity contribution is 5.95. The zero-order valence-electron chi connectivity index (χ0n) is 7.31. The van der Waals surface area contributed by atoms with Gasteiger partial charge in [-0.1, -0.05) is 23.4 Å². The summed E-state index contributed by atoms with van der Waals surface area (Å²) in [6.45, 7) is 1.69. The quantitative estimate of drug-likeness (QED) is 0.413. The average Bonchev–Trinajstić information content (AvgIpc) is 2.16. The van der Waals surface area contributed by atoms with Crippen molar-refractivity contribution in [3.63, 3.8) is 0 Å². The first-order chi connectivity index (χ1) is 6.22. The Balaban J connectivity index is 2.75. The molecule has 0 aliphatic heterocycles. The average molecular weight is 177 g/mol. The lowest BCUT2D eigenvalue weighted by atomic mass is 10.2. The number of aromatic hydroxyl groups is 1. The van der Waals surface area contributed by atoms with Gasteiger partial charge in [0, 0.05) is 0 Å². The molecule has 0 saturated carbocycles. The molecule has 0 bridgehead atoms. The maximum atomic E-state index is 8.99. The molecule has 2 N–H and O–H groups in total. The summed E-state index contributed by atoms with van der Waals surface area (Å²) in [5.74, 6) is 0.240. The molecule has 0 radical (unpaired) electrons. The standard InChI is InChI=1S/C10H11NO2/c1-8(11-13)2-3-9-4-6-10(12)7-5-9/h2-7,12-13H,1H3/b3-2-,11-8+. The van der Waals surface area contributed by atoms with Crippen molar-refractivity contribution in [3.8, 4) is 5.75 Å². The summed E-state index contributed by atoms with van der Waals surface area (Å²) < 4.78 is 0. The lowest BCUT2D eigenvalue weighted by molar-refractivity contribution is 0.319. The first kappa shape index (κ1) is 9.32. The third-order valence-electron chi connectivity index (χ3n) is 1.57. The molecule has 0 amide bonds. The van der Waals surface area contributed by atoms with E-state index in [0.717, 1.165) is 5.56 Å². The fourth-order valence-electron chi connectivity index (χ4n) is 0.836. The zero-order chi connectivity index (χ0) is 9.68. The van der Waals surface area contributed by atoms with Gasteiger partial charge in [-0.25, -0.2) is 0 Å². The highest BCUT2D eigenvalue weighted by Gasteiger charge is 1.88. The first-order valence-electron chi connectivity index (χ1n) is 3.88. The van der Waals surface area contributed by atoms with Gasteiger partial charge in [0.25, 0.3) is 0 Å². The smallest absolute Gasteiger partial charge is 0.115 e. The van der Waals surface area contributed by atoms with Gasteiger partial charge in [0.05, 0.1) is 5.71 Å². The molecule has 1 aromatic rings. The molecule has 3 nitrogen and oxygen atoms in total. The summed E-state index contributed by atoms with van der Waals surface area (Å²) in [7, 11) is 0. The van der Waals surface area contributed by atoms with Crippen LogP contribution in [0.5, 0.6) is 5.75 Å². The van der Waals surface area contributed by atoms with Crippen LogP contribution < -0.4 is 0 Å². The molecule has 0 spiro atoms. The Morgan fingerprint density at radius 2 is 1.92 bits per heavy atom. The Labute approximate surface area is 76.6 Å². The van der Waals surface area contributed by atoms with Crippen LogP contribution in [0.4, 0.5) is 0 Å². The van der Waals surface area contributed by atoms with E-state index in [4.69, 9.17) is 10.3 Å². The number of benzene rings is 1. The highest BCUT2D eigenvalue weighted by Crippen LogP contribution is 2.10. The third-order valence-corrected chi connectivity index (χ3v) is 1.57. The number of rotatable bonds is 2. The normalized spacial score (nSPS) is 12.2. The van der Waals surface area contributed by atoms with Crippen molar-refractivity contribution in [2.75, 3.05) is 0 Å². The van der Waals surface area contributed by atoms with Crippen molar-refractivity contribution in [2.24, 2.45) is 5.16 Å². The molecule has 0 unspecified atom stereocenters. The molecule has 0 aliphatic carbocycles. The summed E-state index contributed by atoms with van der Waals surface area (Å²) in [6, 6.07) is 6.75. The van der Waals surface area contributed by atoms with Crippen LogP contribution in [0.25, 0.3) is 6.08 Å². The van der Waals surface area contributed by atoms with E-state index in [1.807, 2.05) is 0 Å². The van der Waals surface area contributed by atoms with Crippen molar-refractivity contribution in [2.45, 2.75) is 6.92 Å². The Hall–Kier alpha value is -1.77. The molecule has 0 aliphatic rings. The molecular weight excluding hydrogens is 166 g/mol. The van der Waals surface area contributed by atoms with Crippen molar-refractivity contribution in [1.29, 1.82) is 0 Å². The minimum atomic E-state index is 0.240. The molecule has 0 fully saturated rings. The van der Waals surface area contributed by atoms with E-state index < -0.39 is 0 Å². The number of hydrogen-bond donors (Lipinski definition) is 2. The minimum Gasteiger partial charge on any atom is -0.508 e. The van der Waals surface area contributed by atoms with Gasteiger partial charge in [0.1, 0.15) is 5.75 Å². The van der Waals surface area contributed by atoms with Crippen molar-refractivity contribution in [1.82, 2.24) is 0 Å². The molecule has 13 heavy (non-hydrogen) atoms. The molecule has 1 rings (SSSR count). The molecule has 0 heterocycles. The van der Waals surface area contributed by atoms with Crippen LogP contribution in [0, 0.1) is 0 Å². The Kier molecular flexibility index (Phi) is 3.09. The zero-order valence-corrected chi connectivity index (χ0v) is 7.31. The number of hydrogen-bond acceptors (Lipinski definition) is 3. The largest absolute Gasteiger partial charge is 0.508 e. The van der Waals surface area contributed by atoms with E-state index in [2.05, 4.69) is 5.16 Å². The summed E-state index contributed by atoms with van der Waals surface area (Å²) in [5, 5.41) is 20.3. The van der Waals surface area contributed by atoms with Crippen molar-refractivity contribution in [3.05, 3.63) is 35.9 Å². The molecule has 0 aromatic heterocycles. The summed E-state index contributed by atoms with van der Waals surface area (Å²) in [4.78, 5) is 0. The van der Waals surface area contributed by atoms with Crippen LogP contribution in [0.15, 0.2) is 35.5 Å². The number of nitrogens with zero attached hydrogens (tertiary/aromatic N) is 1. The second-order valence-electron chi connectivity index (χ2n) is 2.67. The van der Waals surface area contributed by atoms with Crippen LogP contribution in [0.2, 0.25) is 0 Å². The topological polar surface area (TPSA) is 52.8 Å². The third kappa shape index (κ3) is 2.99. The lowest BCUT2D eigenvalue weighted by Gasteiger charge is -1.93. The molecule has 68 valence electrons. The van der Waals surface area contributed by atoms with E-state index in [1.54, 1.807) is 43.3 Å². The Morgan fingerprint density at radius 3 is 2.46 bits per heavy atom. The Morgan fingerprint density at radius 1 is 1.31 bits per heavy atom. The SMILES string of the molecule is CC(/C=C\c1ccc(O)cc1)=N\O. The molecule has 1 aromatic carbocycles. The van der Waals surface area contributed by atoms with Gasteiger partial charge in [0.2, 0.25) is 0 Å². The van der Waals surface area contributed by atoms with Crippen LogP contribution in [-0.4, -0.2) is 16.0 Å². The van der Waals surface area contributed by atoms with Crippen LogP contribution >= 0.6 is 0 Å². The van der Waals surface area contributed by atoms with E-state index in [9.17, 15) is 0 Å². The summed E-state index contributed by atoms with van der Waals surface area (Å²) >= 11 is 0. The van der Waals surface area contributed by atoms with E-state index >= 15 is 0 Å². The maximum absolute atomic E-state index is 8.99. The predicted molar refractivity (Wildman–Crippen MR) is 52.0 cm³/mol. The number of phenolic OH excluding ortho intramolecular Hbond substituents is 1. The van der Waals surface area contributed by atoms with Gasteiger partial charge >= 0.3 is 0 Å². The fourth-order valence-corrected chi connectivity index (χ4v) is 0.836. The molecule has 0 atom stereocenters. The van der Waals surface area contributed by atoms with E-state index in [1.165, 1.54) is 0 Å². The van der Waals surface area contributed by atoms with Gasteiger partial charge < -0.3 is 10.3 Å². The second-order valence-corrected chi connectivity index (χ2v) is 2.67. The fraction of sp³-hybridized carbons (Fsp3) is 0.100. The maximum Gasteiger partial charge on any atom is 0.115 e. The van der Waals surface area contributed by atoms with E-state index in [0.29, 0.717) is 5.71 Å². The first-order valence-corrected chi connectivity index (χ1v) is 3.88. The molecule has 3 heteroatoms. The van der Waals surface area contributed by atoms with Crippen LogP contribution in [0.3, 0.4) is 0 Å². The van der Waals surface area contributed by atoms with Crippen molar-refractivity contribution >= 4 is 11.8 Å². The van der Waals surface area contributed by atoms with Crippen LogP contribution in [0.1, 0.15) is 12.5 Å². The molecular formula is C10H11NO2. The lowest BCUT2D eigenvalue weighted by Crippen LogP contribution is -1.82. The monoisotopic (exact) mass is 177 g/mol. The number of oxime groups is 1. The van der Waals surface area contributed by atoms with Crippen LogP contribution in [-0.2, 0) is 0 Å². The second kappa shape index (κ2) is 4.30.